The molecular weight excluding hydrogens is 547 g/mol. The molecule has 4 heterocycles. The van der Waals surface area contributed by atoms with Gasteiger partial charge in [0.2, 0.25) is 5.79 Å². The van der Waals surface area contributed by atoms with Crippen LogP contribution in [0, 0.1) is 5.82 Å². The van der Waals surface area contributed by atoms with Crippen molar-refractivity contribution in [2.45, 2.75) is 55.3 Å². The van der Waals surface area contributed by atoms with E-state index in [0.717, 1.165) is 12.0 Å². The van der Waals surface area contributed by atoms with E-state index < -0.39 is 47.2 Å². The van der Waals surface area contributed by atoms with Crippen molar-refractivity contribution < 1.29 is 28.9 Å². The Kier molecular flexibility index (Phi) is 6.31. The van der Waals surface area contributed by atoms with Gasteiger partial charge >= 0.3 is 0 Å². The minimum atomic E-state index is -2.67. The first kappa shape index (κ1) is 27.7. The lowest BCUT2D eigenvalue weighted by atomic mass is 9.79. The Morgan fingerprint density at radius 1 is 1.12 bits per heavy atom. The van der Waals surface area contributed by atoms with E-state index in [4.69, 9.17) is 16.2 Å². The molecule has 4 atom stereocenters. The molecule has 13 nitrogen and oxygen atoms in total. The van der Waals surface area contributed by atoms with Crippen molar-refractivity contribution in [1.82, 2.24) is 20.9 Å². The lowest BCUT2D eigenvalue weighted by Gasteiger charge is -2.49. The highest BCUT2D eigenvalue weighted by Gasteiger charge is 2.73. The van der Waals surface area contributed by atoms with Gasteiger partial charge in [0.1, 0.15) is 23.7 Å². The Hall–Kier alpha value is -4.43. The summed E-state index contributed by atoms with van der Waals surface area (Å²) in [6, 6.07) is 7.58. The summed E-state index contributed by atoms with van der Waals surface area (Å²) >= 11 is 0. The van der Waals surface area contributed by atoms with Crippen LogP contribution >= 0.6 is 0 Å². The van der Waals surface area contributed by atoms with Crippen molar-refractivity contribution in [3.8, 4) is 5.75 Å². The van der Waals surface area contributed by atoms with Crippen molar-refractivity contribution in [2.75, 3.05) is 19.7 Å². The van der Waals surface area contributed by atoms with Crippen molar-refractivity contribution in [3.63, 3.8) is 0 Å². The molecule has 1 spiro atoms. The minimum absolute atomic E-state index is 0.0832. The topological polar surface area (TPSA) is 200 Å². The van der Waals surface area contributed by atoms with E-state index in [-0.39, 0.29) is 41.6 Å². The van der Waals surface area contributed by atoms with Gasteiger partial charge in [-0.05, 0) is 30.0 Å². The molecule has 6 rings (SSSR count). The standard InChI is InChI=1S/C28H33FN8O5/c1-26(2)10-11-42-20-15(7-5-8-16(20)26)23(39)34-19-13-37-25(31)33-18(12-32-22(38)14-6-3-4-9-17(14)29)21-27(37,28(19,40)41)36-24(30)35-21/h3-9,18-19,21,40-41H,10-13H2,1-2H3,(H2,31,33)(H,32,38)(H,34,39)(H3,30,35,36)/t18-,19?,21-,27-/m0/s1. The van der Waals surface area contributed by atoms with E-state index in [9.17, 15) is 24.2 Å². The number of aliphatic hydroxyl groups is 2. The number of guanidine groups is 2. The summed E-state index contributed by atoms with van der Waals surface area (Å²) in [5.41, 5.74) is 11.3. The third-order valence-corrected chi connectivity index (χ3v) is 8.66. The molecule has 4 aliphatic rings. The number of benzene rings is 2. The first-order valence-corrected chi connectivity index (χ1v) is 13.6. The fraction of sp³-hybridized carbons (Fsp3) is 0.429. The predicted octanol–water partition coefficient (Wildman–Crippen LogP) is -0.910. The first-order chi connectivity index (χ1) is 19.9. The van der Waals surface area contributed by atoms with Crippen molar-refractivity contribution in [2.24, 2.45) is 21.5 Å². The second-order valence-electron chi connectivity index (χ2n) is 11.6. The van der Waals surface area contributed by atoms with Gasteiger partial charge in [0, 0.05) is 18.7 Å². The van der Waals surface area contributed by atoms with Gasteiger partial charge < -0.3 is 47.3 Å². The second kappa shape index (κ2) is 9.56. The fourth-order valence-electron chi connectivity index (χ4n) is 6.37. The molecule has 2 aromatic rings. The molecule has 1 saturated heterocycles. The van der Waals surface area contributed by atoms with E-state index in [1.807, 2.05) is 6.07 Å². The van der Waals surface area contributed by atoms with Crippen LogP contribution in [0.3, 0.4) is 0 Å². The molecule has 14 heteroatoms. The van der Waals surface area contributed by atoms with Crippen LogP contribution in [0.4, 0.5) is 4.39 Å². The number of para-hydroxylation sites is 1. The smallest absolute Gasteiger partial charge is 0.255 e. The van der Waals surface area contributed by atoms with Gasteiger partial charge in [0.15, 0.2) is 17.6 Å². The zero-order chi connectivity index (χ0) is 30.0. The average molecular weight is 581 g/mol. The summed E-state index contributed by atoms with van der Waals surface area (Å²) in [4.78, 5) is 36.5. The molecule has 0 radical (unpaired) electrons. The average Bonchev–Trinajstić information content (AvgIpc) is 3.41. The van der Waals surface area contributed by atoms with Crippen LogP contribution in [0.25, 0.3) is 0 Å². The van der Waals surface area contributed by atoms with Crippen LogP contribution < -0.4 is 32.2 Å². The highest BCUT2D eigenvalue weighted by Crippen LogP contribution is 2.45. The van der Waals surface area contributed by atoms with E-state index in [2.05, 4.69) is 39.8 Å². The maximum Gasteiger partial charge on any atom is 0.255 e. The number of halogens is 1. The maximum absolute atomic E-state index is 14.1. The molecule has 2 aromatic carbocycles. The monoisotopic (exact) mass is 580 g/mol. The van der Waals surface area contributed by atoms with Gasteiger partial charge in [0.25, 0.3) is 11.8 Å². The van der Waals surface area contributed by atoms with Gasteiger partial charge in [-0.25, -0.2) is 14.4 Å². The summed E-state index contributed by atoms with van der Waals surface area (Å²) in [5, 5.41) is 31.6. The molecular formula is C28H33FN8O5. The zero-order valence-electron chi connectivity index (χ0n) is 23.1. The molecule has 1 unspecified atom stereocenters. The molecule has 0 bridgehead atoms. The highest BCUT2D eigenvalue weighted by atomic mass is 19.1. The third-order valence-electron chi connectivity index (χ3n) is 8.66. The molecule has 0 aromatic heterocycles. The number of nitrogens with zero attached hydrogens (tertiary/aromatic N) is 3. The summed E-state index contributed by atoms with van der Waals surface area (Å²) in [6.07, 6.45) is 0.788. The van der Waals surface area contributed by atoms with Crippen molar-refractivity contribution in [1.29, 1.82) is 0 Å². The lowest BCUT2D eigenvalue weighted by molar-refractivity contribution is -0.230. The molecule has 0 aliphatic carbocycles. The van der Waals surface area contributed by atoms with Crippen molar-refractivity contribution in [3.05, 3.63) is 65.0 Å². The van der Waals surface area contributed by atoms with Crippen LogP contribution in [0.5, 0.6) is 5.75 Å². The summed E-state index contributed by atoms with van der Waals surface area (Å²) in [5.74, 6) is -4.34. The van der Waals surface area contributed by atoms with E-state index in [1.54, 1.807) is 12.1 Å². The normalized spacial score (nSPS) is 28.2. The number of rotatable bonds is 5. The van der Waals surface area contributed by atoms with Crippen LogP contribution in [0.2, 0.25) is 0 Å². The van der Waals surface area contributed by atoms with Crippen LogP contribution in [-0.2, 0) is 5.41 Å². The third kappa shape index (κ3) is 4.04. The number of amides is 2. The van der Waals surface area contributed by atoms with E-state index in [0.29, 0.717) is 12.4 Å². The quantitative estimate of drug-likeness (QED) is 0.219. The second-order valence-corrected chi connectivity index (χ2v) is 11.6. The Bertz CT molecular complexity index is 1530. The number of ether oxygens (including phenoxy) is 1. The number of hydrogen-bond acceptors (Lipinski definition) is 11. The van der Waals surface area contributed by atoms with Crippen LogP contribution in [-0.4, -0.2) is 88.1 Å². The van der Waals surface area contributed by atoms with Crippen LogP contribution in [0.1, 0.15) is 46.5 Å². The molecule has 9 N–H and O–H groups in total. The predicted molar refractivity (Wildman–Crippen MR) is 150 cm³/mol. The van der Waals surface area contributed by atoms with Gasteiger partial charge in [-0.15, -0.1) is 0 Å². The van der Waals surface area contributed by atoms with Gasteiger partial charge in [-0.2, -0.15) is 0 Å². The molecule has 4 aliphatic heterocycles. The molecule has 0 saturated carbocycles. The van der Waals surface area contributed by atoms with Crippen LogP contribution in [0.15, 0.2) is 52.4 Å². The number of fused-ring (bicyclic) bond motifs is 1. The summed E-state index contributed by atoms with van der Waals surface area (Å²) in [6.45, 7) is 4.28. The Morgan fingerprint density at radius 2 is 1.86 bits per heavy atom. The molecule has 1 fully saturated rings. The van der Waals surface area contributed by atoms with Gasteiger partial charge in [0.05, 0.1) is 23.8 Å². The summed E-state index contributed by atoms with van der Waals surface area (Å²) in [7, 11) is 0. The number of carbonyl (C=O) groups is 2. The Balaban J connectivity index is 1.27. The molecule has 2 amide bonds. The lowest BCUT2D eigenvalue weighted by Crippen LogP contribution is -2.78. The highest BCUT2D eigenvalue weighted by molar-refractivity contribution is 5.98. The first-order valence-electron chi connectivity index (χ1n) is 13.6. The molecule has 42 heavy (non-hydrogen) atoms. The van der Waals surface area contributed by atoms with Crippen molar-refractivity contribution >= 4 is 23.7 Å². The number of hydrogen-bond donors (Lipinski definition) is 7. The number of nitrogens with one attached hydrogen (secondary N) is 3. The number of nitrogens with two attached hydrogens (primary N) is 2. The van der Waals surface area contributed by atoms with Gasteiger partial charge in [-0.1, -0.05) is 38.1 Å². The number of carbonyl (C=O) groups excluding carboxylic acids is 2. The number of aliphatic imine (C=N–C) groups is 2. The SMILES string of the molecule is CC1(C)CCOc2c(C(=O)NC3CN4C(N)=N[C@@H](CNC(=O)c5ccccc5F)[C@@H]5N=C(N)N[C@@]54C3(O)O)cccc21. The Morgan fingerprint density at radius 3 is 2.62 bits per heavy atom. The largest absolute Gasteiger partial charge is 0.492 e. The Labute approximate surface area is 240 Å². The zero-order valence-corrected chi connectivity index (χ0v) is 23.1. The maximum atomic E-state index is 14.1. The van der Waals surface area contributed by atoms with E-state index >= 15 is 0 Å². The summed E-state index contributed by atoms with van der Waals surface area (Å²) < 4.78 is 20.0. The van der Waals surface area contributed by atoms with E-state index in [1.165, 1.54) is 29.2 Å². The minimum Gasteiger partial charge on any atom is -0.492 e. The van der Waals surface area contributed by atoms with Gasteiger partial charge in [-0.3, -0.25) is 9.59 Å². The molecule has 222 valence electrons. The fourth-order valence-corrected chi connectivity index (χ4v) is 6.37.